The van der Waals surface area contributed by atoms with Gasteiger partial charge in [-0.25, -0.2) is 18.7 Å². The zero-order valence-corrected chi connectivity index (χ0v) is 41.0. The molecule has 17 heteroatoms. The number of ether oxygens (including phenoxy) is 1. The number of carbonyl (C=O) groups excluding carboxylic acids is 1. The van der Waals surface area contributed by atoms with Crippen molar-refractivity contribution < 1.29 is 23.0 Å². The van der Waals surface area contributed by atoms with E-state index in [2.05, 4.69) is 54.4 Å². The number of amides is 1. The third-order valence-electron chi connectivity index (χ3n) is 15.1. The number of benzene rings is 3. The monoisotopic (exact) mass is 943 g/mol. The number of aromatic amines is 1. The smallest absolute Gasteiger partial charge is 0.387 e. The summed E-state index contributed by atoms with van der Waals surface area (Å²) in [5.41, 5.74) is 5.06. The van der Waals surface area contributed by atoms with E-state index in [4.69, 9.17) is 14.4 Å². The van der Waals surface area contributed by atoms with Gasteiger partial charge in [-0.2, -0.15) is 5.10 Å². The first-order valence-corrected chi connectivity index (χ1v) is 25.8. The van der Waals surface area contributed by atoms with E-state index in [1.165, 1.54) is 14.7 Å². The first-order valence-electron chi connectivity index (χ1n) is 23.7. The highest BCUT2D eigenvalue weighted by Gasteiger charge is 2.59. The molecule has 4 aromatic heterocycles. The maximum Gasteiger partial charge on any atom is 0.438 e. The Kier molecular flexibility index (Phi) is 11.0. The van der Waals surface area contributed by atoms with Gasteiger partial charge in [0.1, 0.15) is 30.0 Å². The molecule has 1 aliphatic carbocycles. The molecule has 15 nitrogen and oxygen atoms in total. The van der Waals surface area contributed by atoms with E-state index in [1.807, 2.05) is 54.5 Å². The highest BCUT2D eigenvalue weighted by molar-refractivity contribution is 7.71. The van der Waals surface area contributed by atoms with Crippen LogP contribution in [0.4, 0.5) is 10.1 Å². The quantitative estimate of drug-likeness (QED) is 0.121. The van der Waals surface area contributed by atoms with Crippen LogP contribution in [0.2, 0.25) is 0 Å². The third kappa shape index (κ3) is 7.16. The van der Waals surface area contributed by atoms with Gasteiger partial charge in [-0.1, -0.05) is 32.0 Å². The number of carbonyl (C=O) groups is 1. The number of fused-ring (bicyclic) bond motifs is 2. The Morgan fingerprint density at radius 2 is 1.69 bits per heavy atom. The van der Waals surface area contributed by atoms with Gasteiger partial charge in [0.25, 0.3) is 5.91 Å². The zero-order chi connectivity index (χ0) is 48.2. The number of H-pyrrole nitrogens is 1. The van der Waals surface area contributed by atoms with Gasteiger partial charge >= 0.3 is 11.4 Å². The minimum Gasteiger partial charge on any atom is -0.387 e. The van der Waals surface area contributed by atoms with E-state index >= 15 is 9.18 Å². The van der Waals surface area contributed by atoms with Crippen molar-refractivity contribution in [3.63, 3.8) is 0 Å². The van der Waals surface area contributed by atoms with Crippen molar-refractivity contribution in [3.8, 4) is 17.2 Å². The third-order valence-corrected chi connectivity index (χ3v) is 18.4. The van der Waals surface area contributed by atoms with Crippen LogP contribution >= 0.6 is 7.14 Å². The van der Waals surface area contributed by atoms with Crippen molar-refractivity contribution in [1.29, 1.82) is 0 Å². The van der Waals surface area contributed by atoms with Gasteiger partial charge in [0, 0.05) is 78.8 Å². The fraction of sp³-hybridized carbons (Fsp3) is 0.431. The van der Waals surface area contributed by atoms with Gasteiger partial charge in [0.05, 0.1) is 28.7 Å². The van der Waals surface area contributed by atoms with Gasteiger partial charge in [-0.15, -0.1) is 0 Å². The molecule has 1 saturated carbocycles. The molecular formula is C51H59FN9O6P. The number of imidazole rings is 1. The summed E-state index contributed by atoms with van der Waals surface area (Å²) in [6, 6.07) is 16.7. The normalized spacial score (nSPS) is 21.3. The van der Waals surface area contributed by atoms with Crippen molar-refractivity contribution in [2.45, 2.75) is 104 Å². The number of nitrogens with one attached hydrogen (secondary N) is 2. The molecule has 0 spiro atoms. The Morgan fingerprint density at radius 1 is 0.971 bits per heavy atom. The molecule has 1 amide bonds. The van der Waals surface area contributed by atoms with Crippen LogP contribution in [0.15, 0.2) is 81.1 Å². The van der Waals surface area contributed by atoms with E-state index < -0.39 is 24.5 Å². The Balaban J connectivity index is 1.11. The Morgan fingerprint density at radius 3 is 2.34 bits per heavy atom. The van der Waals surface area contributed by atoms with Crippen LogP contribution in [0, 0.1) is 25.6 Å². The van der Waals surface area contributed by atoms with E-state index in [0.29, 0.717) is 95.1 Å². The summed E-state index contributed by atoms with van der Waals surface area (Å²) in [7, 11) is -0.875. The van der Waals surface area contributed by atoms with Gasteiger partial charge in [0.15, 0.2) is 5.82 Å². The predicted octanol–water partition coefficient (Wildman–Crippen LogP) is 8.49. The summed E-state index contributed by atoms with van der Waals surface area (Å²) in [6.45, 7) is 16.5. The molecular weight excluding hydrogens is 885 g/mol. The molecule has 2 aliphatic heterocycles. The summed E-state index contributed by atoms with van der Waals surface area (Å²) < 4.78 is 47.0. The van der Waals surface area contributed by atoms with E-state index in [0.717, 1.165) is 29.0 Å². The van der Waals surface area contributed by atoms with E-state index in [9.17, 15) is 14.2 Å². The number of hydrogen-bond acceptors (Lipinski definition) is 9. The number of anilines is 1. The van der Waals surface area contributed by atoms with Gasteiger partial charge in [-0.3, -0.25) is 23.4 Å². The number of nitrogens with zero attached hydrogens (tertiary/aromatic N) is 7. The highest BCUT2D eigenvalue weighted by Crippen LogP contribution is 2.56. The summed E-state index contributed by atoms with van der Waals surface area (Å²) in [5, 5.41) is 14.2. The van der Waals surface area contributed by atoms with E-state index in [1.54, 1.807) is 50.1 Å². The molecule has 4 atom stereocenters. The van der Waals surface area contributed by atoms with Gasteiger partial charge < -0.3 is 24.1 Å². The summed E-state index contributed by atoms with van der Waals surface area (Å²) in [6.07, 6.45) is 7.17. The number of rotatable bonds is 11. The van der Waals surface area contributed by atoms with Crippen molar-refractivity contribution in [2.75, 3.05) is 37.8 Å². The molecule has 356 valence electrons. The lowest BCUT2D eigenvalue weighted by Crippen LogP contribution is -2.41. The molecule has 3 aliphatic rings. The van der Waals surface area contributed by atoms with Crippen molar-refractivity contribution >= 4 is 34.9 Å². The van der Waals surface area contributed by atoms with Gasteiger partial charge in [-0.05, 0) is 131 Å². The molecule has 10 rings (SSSR count). The second-order valence-electron chi connectivity index (χ2n) is 19.7. The van der Waals surface area contributed by atoms with Crippen LogP contribution in [0.1, 0.15) is 117 Å². The lowest BCUT2D eigenvalue weighted by atomic mass is 9.83. The molecule has 2 fully saturated rings. The molecule has 0 radical (unpaired) electrons. The molecule has 7 aromatic rings. The van der Waals surface area contributed by atoms with Crippen LogP contribution in [-0.4, -0.2) is 82.6 Å². The molecule has 0 bridgehead atoms. The highest BCUT2D eigenvalue weighted by atomic mass is 31.2. The average molecular weight is 944 g/mol. The summed E-state index contributed by atoms with van der Waals surface area (Å²) in [5.74, 6) is -0.129. The van der Waals surface area contributed by atoms with Crippen molar-refractivity contribution in [2.24, 2.45) is 5.92 Å². The lowest BCUT2D eigenvalue weighted by Gasteiger charge is -2.35. The van der Waals surface area contributed by atoms with Gasteiger partial charge in [0.2, 0.25) is 0 Å². The molecule has 6 heterocycles. The van der Waals surface area contributed by atoms with Crippen molar-refractivity contribution in [1.82, 2.24) is 38.5 Å². The van der Waals surface area contributed by atoms with E-state index in [-0.39, 0.29) is 34.9 Å². The molecule has 68 heavy (non-hydrogen) atoms. The Labute approximate surface area is 393 Å². The maximum absolute atomic E-state index is 15.6. The summed E-state index contributed by atoms with van der Waals surface area (Å²) in [4.78, 5) is 47.6. The Hall–Kier alpha value is -6.25. The second kappa shape index (κ2) is 16.5. The summed E-state index contributed by atoms with van der Waals surface area (Å²) >= 11 is 0. The molecule has 0 unspecified atom stereocenters. The van der Waals surface area contributed by atoms with Crippen LogP contribution in [0.25, 0.3) is 28.1 Å². The molecule has 1 saturated heterocycles. The molecule has 3 aromatic carbocycles. The predicted molar refractivity (Wildman–Crippen MR) is 261 cm³/mol. The largest absolute Gasteiger partial charge is 0.438 e. The SMILES string of the molecule is CCP(=O)(CC)c1ccc(-n2ccn(-c3c4c(nn3-c3cc(C)c(F)c(C)c3)CCN(C(=O)c3cc5cc([C@H]6CCOC(C)(C)C6)ccc5n3[C@@]3(c5noc(=O)[nH]5)C[C@@H]3C)[C@H]4C)c2=O)cc1NC. The van der Waals surface area contributed by atoms with Crippen LogP contribution in [0.3, 0.4) is 0 Å². The first-order chi connectivity index (χ1) is 32.4. The Bertz CT molecular complexity index is 3300. The van der Waals surface area contributed by atoms with Crippen molar-refractivity contribution in [3.05, 3.63) is 133 Å². The number of hydrogen-bond donors (Lipinski definition) is 2. The minimum atomic E-state index is -2.66. The second-order valence-corrected chi connectivity index (χ2v) is 23.2. The minimum absolute atomic E-state index is 0.0123. The van der Waals surface area contributed by atoms with Crippen LogP contribution in [-0.2, 0) is 21.3 Å². The fourth-order valence-corrected chi connectivity index (χ4v) is 13.3. The first kappa shape index (κ1) is 45.5. The zero-order valence-electron chi connectivity index (χ0n) is 40.1. The molecule has 2 N–H and O–H groups in total. The number of aryl methyl sites for hydroxylation is 2. The number of halogens is 1. The topological polar surface area (TPSA) is 167 Å². The fourth-order valence-electron chi connectivity index (χ4n) is 11.2. The lowest BCUT2D eigenvalue weighted by molar-refractivity contribution is -0.0592. The van der Waals surface area contributed by atoms with Crippen LogP contribution < -0.4 is 22.1 Å². The van der Waals surface area contributed by atoms with Crippen LogP contribution in [0.5, 0.6) is 0 Å². The standard InChI is InChI=1S/C51H59FN9O6P/c1-10-68(65,11-2)42-15-13-36(26-39(42)53-9)58-19-20-59(49(58)64)45-43-32(6)57(18-16-38(43)55-61(45)37-22-29(3)44(52)30(4)23-37)46(62)41-25-35-24-33(34-17-21-66-50(7,8)28-34)12-14-40(35)60(41)51(27-31(51)5)47-54-48(63)67-56-47/h12-15,19-20,22-26,31-32,34,53H,10-11,16-18,21,27-28H2,1-9H3,(H,54,56,63)/t31-,32-,34-,51-/m0/s1. The maximum atomic E-state index is 15.6. The number of aromatic nitrogens is 7. The average Bonchev–Trinajstić information content (AvgIpc) is 3.82.